The number of benzene rings is 2. The number of hydrogen-bond donors (Lipinski definition) is 0. The van der Waals surface area contributed by atoms with Crippen LogP contribution >= 0.6 is 23.1 Å². The highest BCUT2D eigenvalue weighted by molar-refractivity contribution is 8.03. The number of anilines is 1. The molecule has 4 nitrogen and oxygen atoms in total. The molecule has 0 radical (unpaired) electrons. The van der Waals surface area contributed by atoms with Crippen molar-refractivity contribution >= 4 is 45.1 Å². The van der Waals surface area contributed by atoms with Gasteiger partial charge in [-0.3, -0.25) is 0 Å². The lowest BCUT2D eigenvalue weighted by molar-refractivity contribution is -0.642. The van der Waals surface area contributed by atoms with Gasteiger partial charge in [0.05, 0.1) is 37.1 Å². The first-order chi connectivity index (χ1) is 12.1. The third-order valence-electron chi connectivity index (χ3n) is 4.39. The zero-order chi connectivity index (χ0) is 17.6. The topological polar surface area (TPSA) is 25.6 Å². The highest BCUT2D eigenvalue weighted by Gasteiger charge is 2.25. The van der Waals surface area contributed by atoms with E-state index in [-0.39, 0.29) is 0 Å². The molecule has 1 aromatic heterocycles. The van der Waals surface area contributed by atoms with Gasteiger partial charge in [-0.25, -0.2) is 0 Å². The summed E-state index contributed by atoms with van der Waals surface area (Å²) in [7, 11) is 7.60. The lowest BCUT2D eigenvalue weighted by atomic mass is 10.3. The van der Waals surface area contributed by atoms with Crippen LogP contribution in [0.5, 0.6) is 11.5 Å². The van der Waals surface area contributed by atoms with E-state index in [2.05, 4.69) is 53.9 Å². The average Bonchev–Trinajstić information content (AvgIpc) is 3.12. The number of methoxy groups -OCH3 is 2. The van der Waals surface area contributed by atoms with E-state index in [0.29, 0.717) is 0 Å². The Balaban J connectivity index is 1.74. The molecule has 0 amide bonds. The minimum absolute atomic E-state index is 0.881. The molecule has 25 heavy (non-hydrogen) atoms. The van der Waals surface area contributed by atoms with Crippen molar-refractivity contribution in [1.82, 2.24) is 0 Å². The second-order valence-electron chi connectivity index (χ2n) is 5.81. The molecular weight excluding hydrogens is 352 g/mol. The molecule has 4 rings (SSSR count). The van der Waals surface area contributed by atoms with Gasteiger partial charge in [-0.2, -0.15) is 4.57 Å². The first-order valence-corrected chi connectivity index (χ1v) is 9.52. The van der Waals surface area contributed by atoms with Gasteiger partial charge in [-0.15, -0.1) is 0 Å². The SMILES string of the molecule is COc1ccc2c(c1)N(C)C(=Cc1sc3ccc(OC)cc3[n+]1C)S2. The maximum absolute atomic E-state index is 5.35. The Labute approximate surface area is 155 Å². The maximum atomic E-state index is 5.35. The molecule has 0 bridgehead atoms. The van der Waals surface area contributed by atoms with E-state index in [4.69, 9.17) is 9.47 Å². The van der Waals surface area contributed by atoms with Gasteiger partial charge in [0, 0.05) is 18.0 Å². The van der Waals surface area contributed by atoms with E-state index in [1.165, 1.54) is 30.8 Å². The summed E-state index contributed by atoms with van der Waals surface area (Å²) >= 11 is 3.57. The number of thioether (sulfide) groups is 1. The molecule has 0 spiro atoms. The van der Waals surface area contributed by atoms with Crippen LogP contribution in [0.3, 0.4) is 0 Å². The first-order valence-electron chi connectivity index (χ1n) is 7.88. The summed E-state index contributed by atoms with van der Waals surface area (Å²) in [5.41, 5.74) is 2.36. The maximum Gasteiger partial charge on any atom is 0.265 e. The quantitative estimate of drug-likeness (QED) is 0.642. The fraction of sp³-hybridized carbons (Fsp3) is 0.211. The lowest BCUT2D eigenvalue weighted by Crippen LogP contribution is -2.29. The van der Waals surface area contributed by atoms with Gasteiger partial charge in [-0.1, -0.05) is 23.1 Å². The second-order valence-corrected chi connectivity index (χ2v) is 7.93. The van der Waals surface area contributed by atoms with Gasteiger partial charge in [0.25, 0.3) is 5.01 Å². The fourth-order valence-corrected chi connectivity index (χ4v) is 5.11. The second kappa shape index (κ2) is 6.28. The van der Waals surface area contributed by atoms with Crippen LogP contribution in [0.25, 0.3) is 16.3 Å². The Hall–Kier alpha value is -2.18. The van der Waals surface area contributed by atoms with Crippen molar-refractivity contribution in [3.63, 3.8) is 0 Å². The fourth-order valence-electron chi connectivity index (χ4n) is 2.90. The van der Waals surface area contributed by atoms with Crippen LogP contribution in [-0.4, -0.2) is 21.3 Å². The van der Waals surface area contributed by atoms with Gasteiger partial charge in [0.2, 0.25) is 5.52 Å². The van der Waals surface area contributed by atoms with Gasteiger partial charge in [-0.05, 0) is 24.3 Å². The Bertz CT molecular complexity index is 994. The van der Waals surface area contributed by atoms with Crippen molar-refractivity contribution < 1.29 is 14.0 Å². The van der Waals surface area contributed by atoms with Gasteiger partial charge in [0.1, 0.15) is 23.2 Å². The minimum atomic E-state index is 0.881. The monoisotopic (exact) mass is 371 g/mol. The highest BCUT2D eigenvalue weighted by Crippen LogP contribution is 2.47. The molecule has 0 aliphatic carbocycles. The number of fused-ring (bicyclic) bond motifs is 2. The number of hydrogen-bond acceptors (Lipinski definition) is 5. The Morgan fingerprint density at radius 2 is 1.76 bits per heavy atom. The highest BCUT2D eigenvalue weighted by atomic mass is 32.2. The molecule has 0 N–H and O–H groups in total. The lowest BCUT2D eigenvalue weighted by Gasteiger charge is -2.13. The number of ether oxygens (including phenoxy) is 2. The molecule has 0 saturated carbocycles. The summed E-state index contributed by atoms with van der Waals surface area (Å²) in [6.07, 6.45) is 2.24. The van der Waals surface area contributed by atoms with Crippen LogP contribution in [0.4, 0.5) is 5.69 Å². The Morgan fingerprint density at radius 3 is 2.52 bits per heavy atom. The summed E-state index contributed by atoms with van der Waals surface area (Å²) in [6, 6.07) is 12.4. The molecule has 0 saturated heterocycles. The molecule has 2 heterocycles. The number of aryl methyl sites for hydroxylation is 1. The Morgan fingerprint density at radius 1 is 1.04 bits per heavy atom. The largest absolute Gasteiger partial charge is 0.497 e. The average molecular weight is 372 g/mol. The summed E-state index contributed by atoms with van der Waals surface area (Å²) in [6.45, 7) is 0. The van der Waals surface area contributed by atoms with E-state index in [1.54, 1.807) is 37.3 Å². The van der Waals surface area contributed by atoms with Crippen molar-refractivity contribution in [3.8, 4) is 11.5 Å². The minimum Gasteiger partial charge on any atom is -0.497 e. The molecular formula is C19H19N2O2S2+. The molecule has 0 fully saturated rings. The van der Waals surface area contributed by atoms with Crippen molar-refractivity contribution in [2.45, 2.75) is 4.90 Å². The number of nitrogens with zero attached hydrogens (tertiary/aromatic N) is 2. The van der Waals surface area contributed by atoms with Crippen molar-refractivity contribution in [2.24, 2.45) is 7.05 Å². The summed E-state index contributed by atoms with van der Waals surface area (Å²) in [5, 5.41) is 2.41. The van der Waals surface area contributed by atoms with Crippen LogP contribution in [0, 0.1) is 0 Å². The molecule has 128 valence electrons. The normalized spacial score (nSPS) is 15.0. The number of thiazole rings is 1. The molecule has 1 aliphatic heterocycles. The zero-order valence-electron chi connectivity index (χ0n) is 14.6. The van der Waals surface area contributed by atoms with Crippen LogP contribution in [0.2, 0.25) is 0 Å². The van der Waals surface area contributed by atoms with E-state index in [0.717, 1.165) is 11.5 Å². The smallest absolute Gasteiger partial charge is 0.265 e. The molecule has 0 atom stereocenters. The standard InChI is InChI=1S/C19H19N2O2S2/c1-20-14-9-12(22-3)5-7-16(14)24-18(20)11-19-21(2)15-10-13(23-4)6-8-17(15)25-19/h5-11H,1-4H3/q+1. The van der Waals surface area contributed by atoms with E-state index >= 15 is 0 Å². The zero-order valence-corrected chi connectivity index (χ0v) is 16.2. The van der Waals surface area contributed by atoms with Crippen molar-refractivity contribution in [2.75, 3.05) is 26.2 Å². The van der Waals surface area contributed by atoms with Crippen molar-refractivity contribution in [1.29, 1.82) is 0 Å². The molecule has 3 aromatic rings. The molecule has 2 aromatic carbocycles. The molecule has 6 heteroatoms. The molecule has 1 aliphatic rings. The van der Waals surface area contributed by atoms with Crippen LogP contribution in [-0.2, 0) is 7.05 Å². The Kier molecular flexibility index (Phi) is 4.09. The van der Waals surface area contributed by atoms with Gasteiger partial charge >= 0.3 is 0 Å². The summed E-state index contributed by atoms with van der Waals surface area (Å²) in [5.74, 6) is 1.76. The van der Waals surface area contributed by atoms with E-state index in [1.807, 2.05) is 12.1 Å². The predicted molar refractivity (Wildman–Crippen MR) is 105 cm³/mol. The first kappa shape index (κ1) is 16.3. The van der Waals surface area contributed by atoms with Crippen molar-refractivity contribution in [3.05, 3.63) is 46.4 Å². The summed E-state index contributed by atoms with van der Waals surface area (Å²) in [4.78, 5) is 3.47. The summed E-state index contributed by atoms with van der Waals surface area (Å²) < 4.78 is 14.2. The van der Waals surface area contributed by atoms with E-state index in [9.17, 15) is 0 Å². The van der Waals surface area contributed by atoms with Crippen LogP contribution in [0.15, 0.2) is 46.3 Å². The third kappa shape index (κ3) is 2.75. The van der Waals surface area contributed by atoms with Gasteiger partial charge < -0.3 is 14.4 Å². The van der Waals surface area contributed by atoms with Crippen LogP contribution in [0.1, 0.15) is 5.01 Å². The number of aromatic nitrogens is 1. The van der Waals surface area contributed by atoms with Crippen LogP contribution < -0.4 is 18.9 Å². The predicted octanol–water partition coefficient (Wildman–Crippen LogP) is 4.28. The molecule has 0 unspecified atom stereocenters. The third-order valence-corrected chi connectivity index (χ3v) is 6.72. The van der Waals surface area contributed by atoms with Gasteiger partial charge in [0.15, 0.2) is 0 Å². The van der Waals surface area contributed by atoms with E-state index < -0.39 is 0 Å². The number of rotatable bonds is 3.